The summed E-state index contributed by atoms with van der Waals surface area (Å²) in [5.41, 5.74) is 1.35. The number of nitrogens with zero attached hydrogens (tertiary/aromatic N) is 4. The maximum Gasteiger partial charge on any atom is 0.225 e. The van der Waals surface area contributed by atoms with E-state index in [0.29, 0.717) is 41.0 Å². The standard InChI is InChI=1S/C18H21FN6O4S/c1-29-15-4-3-10(19)7-11(15)16-12-8-20-18(22-17(12)24-23-16)21-13-5-6-25(9-14(13)26)30(2,27)28/h3-4,7-8,13-14,26H,5-6,9H2,1-2H3,(H2,20,21,22,23,24)/t13?,14-/m0/s1. The second-order valence-corrected chi connectivity index (χ2v) is 9.08. The van der Waals surface area contributed by atoms with Crippen LogP contribution in [0.4, 0.5) is 10.3 Å². The zero-order chi connectivity index (χ0) is 21.5. The first kappa shape index (κ1) is 20.4. The number of piperidine rings is 1. The quantitative estimate of drug-likeness (QED) is 0.539. The van der Waals surface area contributed by atoms with Crippen LogP contribution in [0.2, 0.25) is 0 Å². The molecule has 1 aromatic carbocycles. The van der Waals surface area contributed by atoms with Gasteiger partial charge in [-0.05, 0) is 24.6 Å². The fourth-order valence-electron chi connectivity index (χ4n) is 3.49. The third kappa shape index (κ3) is 3.93. The summed E-state index contributed by atoms with van der Waals surface area (Å²) < 4.78 is 43.6. The van der Waals surface area contributed by atoms with Gasteiger partial charge in [0.15, 0.2) is 5.65 Å². The average molecular weight is 436 g/mol. The molecule has 4 rings (SSSR count). The molecule has 10 nitrogen and oxygen atoms in total. The van der Waals surface area contributed by atoms with Crippen LogP contribution < -0.4 is 10.1 Å². The number of aliphatic hydroxyl groups excluding tert-OH is 1. The van der Waals surface area contributed by atoms with E-state index in [2.05, 4.69) is 25.5 Å². The van der Waals surface area contributed by atoms with Gasteiger partial charge in [0.1, 0.15) is 17.3 Å². The molecule has 160 valence electrons. The number of hydrogen-bond acceptors (Lipinski definition) is 8. The fourth-order valence-corrected chi connectivity index (χ4v) is 4.35. The maximum absolute atomic E-state index is 13.7. The van der Waals surface area contributed by atoms with Gasteiger partial charge in [-0.15, -0.1) is 0 Å². The number of aliphatic hydroxyl groups is 1. The number of rotatable bonds is 5. The molecule has 3 heterocycles. The zero-order valence-corrected chi connectivity index (χ0v) is 17.1. The Hall–Kier alpha value is -2.83. The van der Waals surface area contributed by atoms with Crippen LogP contribution in [0.5, 0.6) is 5.75 Å². The predicted octanol–water partition coefficient (Wildman–Crippen LogP) is 0.974. The minimum atomic E-state index is -3.35. The Morgan fingerprint density at radius 3 is 2.90 bits per heavy atom. The molecule has 1 fully saturated rings. The highest BCUT2D eigenvalue weighted by molar-refractivity contribution is 7.88. The molecule has 0 spiro atoms. The SMILES string of the molecule is COc1ccc(F)cc1-c1n[nH]c2nc(NC3CCN(S(C)(=O)=O)C[C@@H]3O)ncc12. The molecule has 1 aliphatic heterocycles. The van der Waals surface area contributed by atoms with Crippen molar-refractivity contribution >= 4 is 27.0 Å². The predicted molar refractivity (Wildman–Crippen MR) is 108 cm³/mol. The number of H-pyrrole nitrogens is 1. The Balaban J connectivity index is 1.57. The number of fused-ring (bicyclic) bond motifs is 1. The zero-order valence-electron chi connectivity index (χ0n) is 16.3. The largest absolute Gasteiger partial charge is 0.496 e. The molecule has 0 amide bonds. The molecule has 1 saturated heterocycles. The van der Waals surface area contributed by atoms with Crippen LogP contribution in [-0.2, 0) is 10.0 Å². The number of ether oxygens (including phenoxy) is 1. The first-order chi connectivity index (χ1) is 14.3. The number of aromatic amines is 1. The topological polar surface area (TPSA) is 133 Å². The number of methoxy groups -OCH3 is 1. The molecule has 2 aromatic heterocycles. The smallest absolute Gasteiger partial charge is 0.225 e. The molecule has 0 saturated carbocycles. The monoisotopic (exact) mass is 436 g/mol. The Morgan fingerprint density at radius 1 is 1.40 bits per heavy atom. The average Bonchev–Trinajstić information content (AvgIpc) is 3.11. The van der Waals surface area contributed by atoms with Crippen LogP contribution in [0.25, 0.3) is 22.3 Å². The van der Waals surface area contributed by atoms with Crippen LogP contribution in [0.15, 0.2) is 24.4 Å². The first-order valence-electron chi connectivity index (χ1n) is 9.21. The number of β-amino-alcohol motifs (C(OH)–C–C–N with tert-alkyl or cyclic N) is 1. The Labute approximate surface area is 172 Å². The van der Waals surface area contributed by atoms with Gasteiger partial charge in [-0.25, -0.2) is 17.8 Å². The van der Waals surface area contributed by atoms with Gasteiger partial charge in [0.25, 0.3) is 0 Å². The summed E-state index contributed by atoms with van der Waals surface area (Å²) in [6.45, 7) is 0.301. The Kier molecular flexibility index (Phi) is 5.30. The van der Waals surface area contributed by atoms with Crippen LogP contribution in [0, 0.1) is 5.82 Å². The van der Waals surface area contributed by atoms with Crippen LogP contribution in [-0.4, -0.2) is 76.6 Å². The van der Waals surface area contributed by atoms with Crippen molar-refractivity contribution in [2.45, 2.75) is 18.6 Å². The summed E-state index contributed by atoms with van der Waals surface area (Å²) in [4.78, 5) is 8.66. The molecule has 0 bridgehead atoms. The van der Waals surface area contributed by atoms with E-state index >= 15 is 0 Å². The van der Waals surface area contributed by atoms with E-state index in [-0.39, 0.29) is 12.5 Å². The lowest BCUT2D eigenvalue weighted by molar-refractivity contribution is 0.0951. The molecule has 1 aliphatic rings. The second kappa shape index (κ2) is 7.78. The molecular formula is C18H21FN6O4S. The van der Waals surface area contributed by atoms with E-state index in [1.807, 2.05) is 0 Å². The summed E-state index contributed by atoms with van der Waals surface area (Å²) in [6, 6.07) is 3.75. The summed E-state index contributed by atoms with van der Waals surface area (Å²) in [5, 5.41) is 21.0. The number of halogens is 1. The molecule has 0 aliphatic carbocycles. The molecular weight excluding hydrogens is 415 g/mol. The van der Waals surface area contributed by atoms with E-state index in [9.17, 15) is 17.9 Å². The molecule has 12 heteroatoms. The molecule has 0 radical (unpaired) electrons. The summed E-state index contributed by atoms with van der Waals surface area (Å²) >= 11 is 0. The van der Waals surface area contributed by atoms with Crippen molar-refractivity contribution in [3.8, 4) is 17.0 Å². The van der Waals surface area contributed by atoms with Gasteiger partial charge in [-0.2, -0.15) is 14.4 Å². The third-order valence-corrected chi connectivity index (χ3v) is 6.33. The van der Waals surface area contributed by atoms with Gasteiger partial charge in [0.05, 0.1) is 30.9 Å². The number of aromatic nitrogens is 4. The van der Waals surface area contributed by atoms with Crippen molar-refractivity contribution in [3.63, 3.8) is 0 Å². The Morgan fingerprint density at radius 2 is 2.20 bits per heavy atom. The first-order valence-corrected chi connectivity index (χ1v) is 11.1. The molecule has 3 aromatic rings. The lowest BCUT2D eigenvalue weighted by Crippen LogP contribution is -2.51. The molecule has 3 N–H and O–H groups in total. The summed E-state index contributed by atoms with van der Waals surface area (Å²) in [5.74, 6) is 0.309. The van der Waals surface area contributed by atoms with E-state index in [4.69, 9.17) is 4.74 Å². The van der Waals surface area contributed by atoms with E-state index in [1.54, 1.807) is 6.20 Å². The number of benzene rings is 1. The van der Waals surface area contributed by atoms with Crippen LogP contribution >= 0.6 is 0 Å². The van der Waals surface area contributed by atoms with Gasteiger partial charge < -0.3 is 15.2 Å². The minimum Gasteiger partial charge on any atom is -0.496 e. The van der Waals surface area contributed by atoms with E-state index in [0.717, 1.165) is 6.26 Å². The van der Waals surface area contributed by atoms with E-state index in [1.165, 1.54) is 29.6 Å². The van der Waals surface area contributed by atoms with Gasteiger partial charge in [0, 0.05) is 24.8 Å². The number of nitrogens with one attached hydrogen (secondary N) is 2. The molecule has 2 atom stereocenters. The fraction of sp³-hybridized carbons (Fsp3) is 0.389. The van der Waals surface area contributed by atoms with E-state index < -0.39 is 28.0 Å². The lowest BCUT2D eigenvalue weighted by Gasteiger charge is -2.34. The van der Waals surface area contributed by atoms with Crippen molar-refractivity contribution in [3.05, 3.63) is 30.2 Å². The maximum atomic E-state index is 13.7. The van der Waals surface area contributed by atoms with Crippen molar-refractivity contribution < 1.29 is 22.7 Å². The highest BCUT2D eigenvalue weighted by Gasteiger charge is 2.32. The second-order valence-electron chi connectivity index (χ2n) is 7.10. The van der Waals surface area contributed by atoms with Crippen molar-refractivity contribution in [1.82, 2.24) is 24.5 Å². The van der Waals surface area contributed by atoms with Crippen LogP contribution in [0.1, 0.15) is 6.42 Å². The van der Waals surface area contributed by atoms with Crippen molar-refractivity contribution in [1.29, 1.82) is 0 Å². The summed E-state index contributed by atoms with van der Waals surface area (Å²) in [6.07, 6.45) is 2.17. The number of sulfonamides is 1. The lowest BCUT2D eigenvalue weighted by atomic mass is 10.0. The normalized spacial score (nSPS) is 20.4. The van der Waals surface area contributed by atoms with Gasteiger partial charge in [-0.3, -0.25) is 5.10 Å². The minimum absolute atomic E-state index is 0.00627. The summed E-state index contributed by atoms with van der Waals surface area (Å²) in [7, 11) is -1.86. The molecule has 30 heavy (non-hydrogen) atoms. The van der Waals surface area contributed by atoms with Gasteiger partial charge in [-0.1, -0.05) is 0 Å². The van der Waals surface area contributed by atoms with Gasteiger partial charge >= 0.3 is 0 Å². The third-order valence-electron chi connectivity index (χ3n) is 5.06. The highest BCUT2D eigenvalue weighted by atomic mass is 32.2. The number of hydrogen-bond donors (Lipinski definition) is 3. The Bertz CT molecular complexity index is 1180. The molecule has 1 unspecified atom stereocenters. The number of anilines is 1. The van der Waals surface area contributed by atoms with Crippen molar-refractivity contribution in [2.75, 3.05) is 31.8 Å². The van der Waals surface area contributed by atoms with Crippen LogP contribution in [0.3, 0.4) is 0 Å². The highest BCUT2D eigenvalue weighted by Crippen LogP contribution is 2.33. The van der Waals surface area contributed by atoms with Gasteiger partial charge in [0.2, 0.25) is 16.0 Å². The van der Waals surface area contributed by atoms with Crippen molar-refractivity contribution in [2.24, 2.45) is 0 Å².